The molecule has 0 spiro atoms. The van der Waals surface area contributed by atoms with E-state index in [4.69, 9.17) is 18.9 Å². The maximum absolute atomic E-state index is 12.2. The highest BCUT2D eigenvalue weighted by molar-refractivity contribution is 5.82. The molecule has 0 aromatic heterocycles. The minimum absolute atomic E-state index is 0.183. The monoisotopic (exact) mass is 395 g/mol. The molecule has 8 heteroatoms. The molecule has 1 rings (SSSR count). The first-order valence-corrected chi connectivity index (χ1v) is 8.98. The minimum Gasteiger partial charge on any atom is -0.467 e. The van der Waals surface area contributed by atoms with E-state index in [0.29, 0.717) is 6.61 Å². The molecule has 1 aromatic carbocycles. The molecule has 1 aromatic rings. The summed E-state index contributed by atoms with van der Waals surface area (Å²) in [5, 5.41) is 2.42. The van der Waals surface area contributed by atoms with Crippen LogP contribution < -0.4 is 5.32 Å². The van der Waals surface area contributed by atoms with Crippen molar-refractivity contribution in [1.82, 2.24) is 5.32 Å². The van der Waals surface area contributed by atoms with Crippen molar-refractivity contribution in [2.75, 3.05) is 13.7 Å². The molecule has 0 radical (unpaired) electrons. The number of hydrogen-bond donors (Lipinski definition) is 1. The Bertz CT molecular complexity index is 640. The molecule has 0 fully saturated rings. The summed E-state index contributed by atoms with van der Waals surface area (Å²) in [5.74, 6) is -1.34. The third-order valence-electron chi connectivity index (χ3n) is 3.47. The maximum atomic E-state index is 12.2. The van der Waals surface area contributed by atoms with Crippen molar-refractivity contribution in [3.05, 3.63) is 35.9 Å². The lowest BCUT2D eigenvalue weighted by atomic mass is 10.1. The zero-order valence-electron chi connectivity index (χ0n) is 17.0. The predicted molar refractivity (Wildman–Crippen MR) is 101 cm³/mol. The number of ether oxygens (including phenoxy) is 4. The van der Waals surface area contributed by atoms with E-state index in [1.807, 2.05) is 30.3 Å². The Hall–Kier alpha value is -2.61. The molecule has 0 aliphatic heterocycles. The van der Waals surface area contributed by atoms with Gasteiger partial charge in [-0.15, -0.1) is 0 Å². The first-order valence-electron chi connectivity index (χ1n) is 8.98. The Morgan fingerprint density at radius 1 is 1.11 bits per heavy atom. The number of carbonyl (C=O) groups excluding carboxylic acids is 3. The van der Waals surface area contributed by atoms with Gasteiger partial charge in [-0.25, -0.2) is 9.59 Å². The molecule has 0 heterocycles. The van der Waals surface area contributed by atoms with Gasteiger partial charge in [-0.1, -0.05) is 30.3 Å². The van der Waals surface area contributed by atoms with E-state index in [9.17, 15) is 14.4 Å². The second-order valence-corrected chi connectivity index (χ2v) is 7.12. The average Bonchev–Trinajstić information content (AvgIpc) is 2.61. The average molecular weight is 395 g/mol. The van der Waals surface area contributed by atoms with Crippen LogP contribution >= 0.6 is 0 Å². The van der Waals surface area contributed by atoms with E-state index in [1.54, 1.807) is 20.8 Å². The Morgan fingerprint density at radius 2 is 1.75 bits per heavy atom. The van der Waals surface area contributed by atoms with Gasteiger partial charge in [-0.2, -0.15) is 0 Å². The molecular formula is C20H29NO7. The SMILES string of the molecule is COC(=O)[C@@H](NC(=O)OC(C)(C)C)[C@H](CCOCc1ccccc1)OC(C)=O. The summed E-state index contributed by atoms with van der Waals surface area (Å²) < 4.78 is 20.7. The summed E-state index contributed by atoms with van der Waals surface area (Å²) in [5.41, 5.74) is 0.239. The van der Waals surface area contributed by atoms with Gasteiger partial charge in [0, 0.05) is 13.3 Å². The zero-order valence-corrected chi connectivity index (χ0v) is 17.0. The molecule has 0 aliphatic carbocycles. The second kappa shape index (κ2) is 11.3. The van der Waals surface area contributed by atoms with E-state index >= 15 is 0 Å². The lowest BCUT2D eigenvalue weighted by molar-refractivity contribution is -0.156. The van der Waals surface area contributed by atoms with E-state index in [1.165, 1.54) is 14.0 Å². The number of esters is 2. The fraction of sp³-hybridized carbons (Fsp3) is 0.550. The summed E-state index contributed by atoms with van der Waals surface area (Å²) in [6.07, 6.45) is -1.60. The molecular weight excluding hydrogens is 366 g/mol. The van der Waals surface area contributed by atoms with Gasteiger partial charge in [0.15, 0.2) is 6.04 Å². The predicted octanol–water partition coefficient (Wildman–Crippen LogP) is 2.59. The third-order valence-corrected chi connectivity index (χ3v) is 3.47. The van der Waals surface area contributed by atoms with Gasteiger partial charge in [0.05, 0.1) is 20.3 Å². The van der Waals surface area contributed by atoms with Crippen LogP contribution in [0.4, 0.5) is 4.79 Å². The Labute approximate surface area is 165 Å². The van der Waals surface area contributed by atoms with Crippen molar-refractivity contribution >= 4 is 18.0 Å². The molecule has 0 saturated heterocycles. The van der Waals surface area contributed by atoms with Crippen LogP contribution in [0.25, 0.3) is 0 Å². The number of carbonyl (C=O) groups is 3. The molecule has 2 atom stereocenters. The molecule has 1 N–H and O–H groups in total. The number of benzene rings is 1. The largest absolute Gasteiger partial charge is 0.467 e. The molecule has 0 aliphatic rings. The summed E-state index contributed by atoms with van der Waals surface area (Å²) >= 11 is 0. The molecule has 28 heavy (non-hydrogen) atoms. The van der Waals surface area contributed by atoms with Crippen LogP contribution in [-0.4, -0.2) is 49.5 Å². The lowest BCUT2D eigenvalue weighted by Crippen LogP contribution is -2.52. The number of alkyl carbamates (subject to hydrolysis) is 1. The van der Waals surface area contributed by atoms with Crippen molar-refractivity contribution < 1.29 is 33.3 Å². The highest BCUT2D eigenvalue weighted by Crippen LogP contribution is 2.12. The molecule has 156 valence electrons. The Morgan fingerprint density at radius 3 is 2.29 bits per heavy atom. The van der Waals surface area contributed by atoms with Gasteiger partial charge >= 0.3 is 18.0 Å². The van der Waals surface area contributed by atoms with Gasteiger partial charge in [-0.05, 0) is 26.3 Å². The second-order valence-electron chi connectivity index (χ2n) is 7.12. The fourth-order valence-corrected chi connectivity index (χ4v) is 2.34. The van der Waals surface area contributed by atoms with Crippen LogP contribution in [0.15, 0.2) is 30.3 Å². The van der Waals surface area contributed by atoms with Gasteiger partial charge in [0.1, 0.15) is 11.7 Å². The maximum Gasteiger partial charge on any atom is 0.408 e. The molecule has 8 nitrogen and oxygen atoms in total. The molecule has 0 saturated carbocycles. The first-order chi connectivity index (χ1) is 13.1. The van der Waals surface area contributed by atoms with Gasteiger partial charge < -0.3 is 24.3 Å². The number of rotatable bonds is 9. The standard InChI is InChI=1S/C20H29NO7/c1-14(22)27-16(11-12-26-13-15-9-7-6-8-10-15)17(18(23)25-5)21-19(24)28-20(2,3)4/h6-10,16-17H,11-13H2,1-5H3,(H,21,24)/t16-,17-/m0/s1. The quantitative estimate of drug-likeness (QED) is 0.390. The number of methoxy groups -OCH3 is 1. The smallest absolute Gasteiger partial charge is 0.408 e. The minimum atomic E-state index is -1.22. The van der Waals surface area contributed by atoms with E-state index in [0.717, 1.165) is 5.56 Å². The van der Waals surface area contributed by atoms with Crippen LogP contribution in [0.5, 0.6) is 0 Å². The highest BCUT2D eigenvalue weighted by Gasteiger charge is 2.34. The number of amides is 1. The number of nitrogens with one attached hydrogen (secondary N) is 1. The number of hydrogen-bond acceptors (Lipinski definition) is 7. The first kappa shape index (κ1) is 23.4. The third kappa shape index (κ3) is 9.36. The molecule has 1 amide bonds. The fourth-order valence-electron chi connectivity index (χ4n) is 2.34. The van der Waals surface area contributed by atoms with Crippen LogP contribution in [0, 0.1) is 0 Å². The van der Waals surface area contributed by atoms with E-state index in [-0.39, 0.29) is 13.0 Å². The summed E-state index contributed by atoms with van der Waals surface area (Å²) in [4.78, 5) is 35.7. The van der Waals surface area contributed by atoms with Crippen molar-refractivity contribution in [2.45, 2.75) is 58.5 Å². The zero-order chi connectivity index (χ0) is 21.2. The summed E-state index contributed by atoms with van der Waals surface area (Å²) in [6.45, 7) is 6.88. The lowest BCUT2D eigenvalue weighted by Gasteiger charge is -2.27. The Balaban J connectivity index is 2.74. The molecule has 0 bridgehead atoms. The summed E-state index contributed by atoms with van der Waals surface area (Å²) in [6, 6.07) is 8.33. The van der Waals surface area contributed by atoms with Gasteiger partial charge in [0.25, 0.3) is 0 Å². The van der Waals surface area contributed by atoms with Crippen LogP contribution in [0.2, 0.25) is 0 Å². The van der Waals surface area contributed by atoms with Gasteiger partial charge in [0.2, 0.25) is 0 Å². The van der Waals surface area contributed by atoms with Crippen LogP contribution in [0.3, 0.4) is 0 Å². The van der Waals surface area contributed by atoms with E-state index < -0.39 is 35.8 Å². The van der Waals surface area contributed by atoms with Crippen LogP contribution in [-0.2, 0) is 35.1 Å². The van der Waals surface area contributed by atoms with Crippen LogP contribution in [0.1, 0.15) is 39.7 Å². The van der Waals surface area contributed by atoms with E-state index in [2.05, 4.69) is 5.32 Å². The van der Waals surface area contributed by atoms with Crippen molar-refractivity contribution in [1.29, 1.82) is 0 Å². The Kier molecular flexibility index (Phi) is 9.44. The van der Waals surface area contributed by atoms with Crippen molar-refractivity contribution in [2.24, 2.45) is 0 Å². The van der Waals surface area contributed by atoms with Gasteiger partial charge in [-0.3, -0.25) is 4.79 Å². The summed E-state index contributed by atoms with van der Waals surface area (Å²) in [7, 11) is 1.18. The topological polar surface area (TPSA) is 100 Å². The normalized spacial score (nSPS) is 13.2. The highest BCUT2D eigenvalue weighted by atomic mass is 16.6. The molecule has 0 unspecified atom stereocenters. The van der Waals surface area contributed by atoms with Crippen molar-refractivity contribution in [3.8, 4) is 0 Å². The van der Waals surface area contributed by atoms with Crippen molar-refractivity contribution in [3.63, 3.8) is 0 Å².